The fourth-order valence-electron chi connectivity index (χ4n) is 4.16. The van der Waals surface area contributed by atoms with Gasteiger partial charge in [0.2, 0.25) is 0 Å². The molecule has 1 atom stereocenters. The van der Waals surface area contributed by atoms with E-state index in [4.69, 9.17) is 4.74 Å². The van der Waals surface area contributed by atoms with E-state index in [9.17, 15) is 4.79 Å². The summed E-state index contributed by atoms with van der Waals surface area (Å²) >= 11 is 0. The Labute approximate surface area is 173 Å². The van der Waals surface area contributed by atoms with E-state index in [0.717, 1.165) is 50.1 Å². The summed E-state index contributed by atoms with van der Waals surface area (Å²) in [6.45, 7) is 4.35. The Kier molecular flexibility index (Phi) is 7.49. The maximum absolute atomic E-state index is 11.9. The van der Waals surface area contributed by atoms with Gasteiger partial charge in [-0.05, 0) is 56.9 Å². The van der Waals surface area contributed by atoms with Crippen molar-refractivity contribution < 1.29 is 9.53 Å². The molecular weight excluding hydrogens is 372 g/mol. The van der Waals surface area contributed by atoms with Crippen LogP contribution in [0.1, 0.15) is 53.3 Å². The monoisotopic (exact) mass is 400 g/mol. The lowest BCUT2D eigenvalue weighted by Crippen LogP contribution is -2.42. The molecule has 5 heteroatoms. The molecule has 0 radical (unpaired) electrons. The van der Waals surface area contributed by atoms with Crippen LogP contribution in [-0.4, -0.2) is 36.5 Å². The van der Waals surface area contributed by atoms with Crippen molar-refractivity contribution in [2.24, 2.45) is 0 Å². The summed E-state index contributed by atoms with van der Waals surface area (Å²) in [5.74, 6) is -0.172. The largest absolute Gasteiger partial charge is 0.454 e. The van der Waals surface area contributed by atoms with Gasteiger partial charge in [-0.2, -0.15) is 0 Å². The maximum atomic E-state index is 11.9. The molecule has 0 bridgehead atoms. The molecular formula is C23H29ClN2O2. The van der Waals surface area contributed by atoms with Gasteiger partial charge in [-0.25, -0.2) is 4.79 Å². The molecule has 2 aliphatic heterocycles. The molecule has 2 aliphatic rings. The van der Waals surface area contributed by atoms with E-state index in [1.165, 1.54) is 18.4 Å². The van der Waals surface area contributed by atoms with E-state index < -0.39 is 0 Å². The van der Waals surface area contributed by atoms with Gasteiger partial charge in [0.05, 0.1) is 5.56 Å². The van der Waals surface area contributed by atoms with E-state index in [1.54, 1.807) is 0 Å². The number of esters is 1. The van der Waals surface area contributed by atoms with E-state index in [0.29, 0.717) is 6.04 Å². The van der Waals surface area contributed by atoms with Crippen LogP contribution in [0.25, 0.3) is 0 Å². The van der Waals surface area contributed by atoms with Crippen molar-refractivity contribution in [2.45, 2.75) is 44.4 Å². The van der Waals surface area contributed by atoms with Gasteiger partial charge < -0.3 is 10.1 Å². The molecule has 0 aromatic heterocycles. The van der Waals surface area contributed by atoms with E-state index in [2.05, 4.69) is 40.5 Å². The summed E-state index contributed by atoms with van der Waals surface area (Å²) in [5, 5.41) is 3.70. The second-order valence-electron chi connectivity index (χ2n) is 7.61. The smallest absolute Gasteiger partial charge is 0.339 e. The van der Waals surface area contributed by atoms with Crippen LogP contribution in [0.4, 0.5) is 0 Å². The number of hydrogen-bond donors (Lipinski definition) is 1. The van der Waals surface area contributed by atoms with Crippen LogP contribution in [0.5, 0.6) is 0 Å². The number of nitrogens with zero attached hydrogens (tertiary/aromatic N) is 1. The molecule has 2 aromatic carbocycles. The summed E-state index contributed by atoms with van der Waals surface area (Å²) in [7, 11) is 0. The number of carbonyl (C=O) groups is 1. The molecule has 2 aromatic rings. The minimum Gasteiger partial charge on any atom is -0.454 e. The minimum absolute atomic E-state index is 0. The Bertz CT molecular complexity index is 760. The summed E-state index contributed by atoms with van der Waals surface area (Å²) in [4.78, 5) is 14.4. The van der Waals surface area contributed by atoms with Crippen LogP contribution in [0.2, 0.25) is 0 Å². The predicted octanol–water partition coefficient (Wildman–Crippen LogP) is 4.35. The second-order valence-corrected chi connectivity index (χ2v) is 7.61. The van der Waals surface area contributed by atoms with E-state index in [-0.39, 0.29) is 24.5 Å². The van der Waals surface area contributed by atoms with Crippen molar-refractivity contribution in [1.29, 1.82) is 0 Å². The Morgan fingerprint density at radius 1 is 1.00 bits per heavy atom. The third-order valence-corrected chi connectivity index (χ3v) is 5.69. The lowest BCUT2D eigenvalue weighted by atomic mass is 10.0. The highest BCUT2D eigenvalue weighted by Crippen LogP contribution is 2.33. The van der Waals surface area contributed by atoms with Crippen LogP contribution in [0.3, 0.4) is 0 Å². The fraction of sp³-hybridized carbons (Fsp3) is 0.435. The molecule has 0 saturated carbocycles. The first-order valence-corrected chi connectivity index (χ1v) is 10.1. The molecule has 1 fully saturated rings. The van der Waals surface area contributed by atoms with Gasteiger partial charge in [-0.1, -0.05) is 48.5 Å². The number of piperidine rings is 1. The SMILES string of the molecule is Cl.O=C1OC(CCCNC2CCN(Cc3ccccc3)CC2)c2ccccc21. The second kappa shape index (κ2) is 10.1. The Hall–Kier alpha value is -1.88. The molecule has 0 spiro atoms. The van der Waals surface area contributed by atoms with Crippen molar-refractivity contribution >= 4 is 18.4 Å². The Morgan fingerprint density at radius 3 is 2.50 bits per heavy atom. The zero-order chi connectivity index (χ0) is 18.5. The third-order valence-electron chi connectivity index (χ3n) is 5.69. The zero-order valence-electron chi connectivity index (χ0n) is 16.2. The first kappa shape index (κ1) is 20.8. The maximum Gasteiger partial charge on any atom is 0.339 e. The molecule has 1 saturated heterocycles. The van der Waals surface area contributed by atoms with Crippen molar-refractivity contribution in [3.05, 3.63) is 71.3 Å². The molecule has 1 unspecified atom stereocenters. The van der Waals surface area contributed by atoms with Gasteiger partial charge >= 0.3 is 5.97 Å². The van der Waals surface area contributed by atoms with Crippen LogP contribution in [0, 0.1) is 0 Å². The summed E-state index contributed by atoms with van der Waals surface area (Å²) in [6, 6.07) is 19.1. The molecule has 4 nitrogen and oxygen atoms in total. The number of benzene rings is 2. The average molecular weight is 401 g/mol. The fourth-order valence-corrected chi connectivity index (χ4v) is 4.16. The number of halogens is 1. The molecule has 2 heterocycles. The average Bonchev–Trinajstić information content (AvgIpc) is 3.03. The number of nitrogens with one attached hydrogen (secondary N) is 1. The Balaban J connectivity index is 0.00000225. The van der Waals surface area contributed by atoms with Gasteiger partial charge in [-0.3, -0.25) is 4.90 Å². The first-order chi connectivity index (χ1) is 13.3. The van der Waals surface area contributed by atoms with E-state index in [1.807, 2.05) is 24.3 Å². The van der Waals surface area contributed by atoms with Crippen molar-refractivity contribution in [2.75, 3.05) is 19.6 Å². The van der Waals surface area contributed by atoms with Crippen molar-refractivity contribution in [3.8, 4) is 0 Å². The summed E-state index contributed by atoms with van der Waals surface area (Å²) in [5.41, 5.74) is 3.19. The van der Waals surface area contributed by atoms with Crippen molar-refractivity contribution in [1.82, 2.24) is 10.2 Å². The van der Waals surface area contributed by atoms with E-state index >= 15 is 0 Å². The van der Waals surface area contributed by atoms with Gasteiger partial charge in [0, 0.05) is 18.2 Å². The highest BCUT2D eigenvalue weighted by Gasteiger charge is 2.29. The standard InChI is InChI=1S/C23H28N2O2.ClH/c26-23-21-10-5-4-9-20(21)22(27-23)11-6-14-24-19-12-15-25(16-13-19)17-18-7-2-1-3-8-18;/h1-5,7-10,19,22,24H,6,11-17H2;1H. The number of cyclic esters (lactones) is 1. The summed E-state index contributed by atoms with van der Waals surface area (Å²) in [6.07, 6.45) is 4.25. The van der Waals surface area contributed by atoms with Crippen LogP contribution >= 0.6 is 12.4 Å². The third kappa shape index (κ3) is 5.13. The molecule has 4 rings (SSSR count). The molecule has 0 amide bonds. The number of fused-ring (bicyclic) bond motifs is 1. The number of carbonyl (C=O) groups excluding carboxylic acids is 1. The van der Waals surface area contributed by atoms with Crippen LogP contribution in [-0.2, 0) is 11.3 Å². The number of likely N-dealkylation sites (tertiary alicyclic amines) is 1. The van der Waals surface area contributed by atoms with Gasteiger partial charge in [0.1, 0.15) is 6.10 Å². The minimum atomic E-state index is -0.172. The highest BCUT2D eigenvalue weighted by molar-refractivity contribution is 5.93. The topological polar surface area (TPSA) is 41.6 Å². The zero-order valence-corrected chi connectivity index (χ0v) is 17.0. The lowest BCUT2D eigenvalue weighted by Gasteiger charge is -2.32. The lowest BCUT2D eigenvalue weighted by molar-refractivity contribution is 0.0364. The van der Waals surface area contributed by atoms with Gasteiger partial charge in [0.25, 0.3) is 0 Å². The van der Waals surface area contributed by atoms with Crippen molar-refractivity contribution in [3.63, 3.8) is 0 Å². The quantitative estimate of drug-likeness (QED) is 0.554. The molecule has 1 N–H and O–H groups in total. The van der Waals surface area contributed by atoms with Crippen LogP contribution in [0.15, 0.2) is 54.6 Å². The molecule has 0 aliphatic carbocycles. The predicted molar refractivity (Wildman–Crippen MR) is 114 cm³/mol. The highest BCUT2D eigenvalue weighted by atomic mass is 35.5. The Morgan fingerprint density at radius 2 is 1.71 bits per heavy atom. The van der Waals surface area contributed by atoms with Crippen LogP contribution < -0.4 is 5.32 Å². The number of ether oxygens (including phenoxy) is 1. The number of rotatable bonds is 7. The van der Waals surface area contributed by atoms with Gasteiger partial charge in [0.15, 0.2) is 0 Å². The normalized spacial score (nSPS) is 19.7. The first-order valence-electron chi connectivity index (χ1n) is 10.1. The molecule has 150 valence electrons. The van der Waals surface area contributed by atoms with Gasteiger partial charge in [-0.15, -0.1) is 12.4 Å². The molecule has 28 heavy (non-hydrogen) atoms. The summed E-state index contributed by atoms with van der Waals surface area (Å²) < 4.78 is 5.52. The number of hydrogen-bond acceptors (Lipinski definition) is 4.